The first kappa shape index (κ1) is 21.3. The second-order valence-electron chi connectivity index (χ2n) is 6.74. The van der Waals surface area contributed by atoms with Gasteiger partial charge in [-0.25, -0.2) is 0 Å². The quantitative estimate of drug-likeness (QED) is 0.388. The molecule has 1 rings (SSSR count). The van der Waals surface area contributed by atoms with Crippen LogP contribution in [0.1, 0.15) is 32.8 Å². The molecule has 3 N–H and O–H groups in total. The summed E-state index contributed by atoms with van der Waals surface area (Å²) in [4.78, 5) is 12.1. The highest BCUT2D eigenvalue weighted by molar-refractivity contribution is 7.80. The number of thiocarbonyl (C=S) groups is 1. The number of aryl methyl sites for hydroxylation is 1. The van der Waals surface area contributed by atoms with Crippen LogP contribution in [-0.4, -0.2) is 21.0 Å². The monoisotopic (exact) mass is 409 g/mol. The van der Waals surface area contributed by atoms with Gasteiger partial charge < -0.3 is 16.0 Å². The number of carbonyl (C=O) groups excluding carboxylic acids is 1. The Balaban J connectivity index is 2.70. The first-order chi connectivity index (χ1) is 10.9. The van der Waals surface area contributed by atoms with E-state index in [1.807, 2.05) is 52.0 Å². The summed E-state index contributed by atoms with van der Waals surface area (Å²) in [7, 11) is 0. The average Bonchev–Trinajstić information content (AvgIpc) is 2.37. The van der Waals surface area contributed by atoms with Gasteiger partial charge in [-0.15, -0.1) is 0 Å². The van der Waals surface area contributed by atoms with Crippen LogP contribution in [0.2, 0.25) is 0 Å². The van der Waals surface area contributed by atoms with Gasteiger partial charge in [0.1, 0.15) is 6.17 Å². The molecule has 4 nitrogen and oxygen atoms in total. The molecule has 0 bridgehead atoms. The molecule has 0 aliphatic carbocycles. The van der Waals surface area contributed by atoms with Crippen LogP contribution < -0.4 is 16.0 Å². The summed E-state index contributed by atoms with van der Waals surface area (Å²) in [6.45, 7) is 7.85. The van der Waals surface area contributed by atoms with Gasteiger partial charge in [-0.05, 0) is 36.7 Å². The number of benzene rings is 1. The van der Waals surface area contributed by atoms with E-state index in [9.17, 15) is 4.79 Å². The second-order valence-corrected chi connectivity index (χ2v) is 9.52. The van der Waals surface area contributed by atoms with Gasteiger partial charge in [-0.3, -0.25) is 4.79 Å². The van der Waals surface area contributed by atoms with Gasteiger partial charge in [0.25, 0.3) is 0 Å². The van der Waals surface area contributed by atoms with Gasteiger partial charge in [0.2, 0.25) is 9.70 Å². The maximum absolute atomic E-state index is 12.1. The van der Waals surface area contributed by atoms with Crippen LogP contribution in [-0.2, 0) is 4.79 Å². The van der Waals surface area contributed by atoms with E-state index in [0.29, 0.717) is 6.42 Å². The summed E-state index contributed by atoms with van der Waals surface area (Å²) in [5.74, 6) is -0.232. The van der Waals surface area contributed by atoms with Crippen LogP contribution in [0.5, 0.6) is 0 Å². The van der Waals surface area contributed by atoms with Crippen LogP contribution >= 0.6 is 47.0 Å². The van der Waals surface area contributed by atoms with Crippen LogP contribution in [0.4, 0.5) is 5.69 Å². The Kier molecular flexibility index (Phi) is 7.60. The molecular formula is C16H22Cl3N3OS. The van der Waals surface area contributed by atoms with E-state index in [-0.39, 0.29) is 16.4 Å². The number of carbonyl (C=O) groups is 1. The lowest BCUT2D eigenvalue weighted by Gasteiger charge is -2.29. The van der Waals surface area contributed by atoms with Crippen molar-refractivity contribution in [2.75, 3.05) is 5.32 Å². The smallest absolute Gasteiger partial charge is 0.228 e. The number of halogens is 3. The number of rotatable bonds is 4. The molecule has 0 saturated heterocycles. The standard InChI is InChI=1S/C16H22Cl3N3OS/c1-10-5-7-11(8-6-10)20-14(24)22-13(16(17,18)19)21-12(23)9-15(2,3)4/h5-8,13H,9H2,1-4H3,(H,21,23)(H2,20,22,24)/t13-/m0/s1. The molecular weight excluding hydrogens is 389 g/mol. The van der Waals surface area contributed by atoms with Crippen molar-refractivity contribution < 1.29 is 4.79 Å². The molecule has 0 saturated carbocycles. The molecule has 1 aromatic rings. The van der Waals surface area contributed by atoms with Crippen molar-refractivity contribution in [2.24, 2.45) is 5.41 Å². The summed E-state index contributed by atoms with van der Waals surface area (Å²) >= 11 is 23.1. The van der Waals surface area contributed by atoms with E-state index in [2.05, 4.69) is 16.0 Å². The molecule has 0 heterocycles. The first-order valence-electron chi connectivity index (χ1n) is 7.37. The lowest BCUT2D eigenvalue weighted by atomic mass is 9.92. The number of nitrogens with one attached hydrogen (secondary N) is 3. The Bertz CT molecular complexity index is 580. The molecule has 0 aliphatic rings. The molecule has 0 radical (unpaired) electrons. The molecule has 0 fully saturated rings. The average molecular weight is 411 g/mol. The highest BCUT2D eigenvalue weighted by atomic mass is 35.6. The van der Waals surface area contributed by atoms with E-state index < -0.39 is 9.96 Å². The minimum absolute atomic E-state index is 0.178. The van der Waals surface area contributed by atoms with Crippen molar-refractivity contribution >= 4 is 63.7 Å². The van der Waals surface area contributed by atoms with Crippen molar-refractivity contribution in [3.63, 3.8) is 0 Å². The zero-order chi connectivity index (χ0) is 18.5. The predicted octanol–water partition coefficient (Wildman–Crippen LogP) is 4.53. The third-order valence-electron chi connectivity index (χ3n) is 2.91. The van der Waals surface area contributed by atoms with Gasteiger partial charge in [-0.1, -0.05) is 73.3 Å². The molecule has 134 valence electrons. The molecule has 0 aliphatic heterocycles. The number of hydrogen-bond donors (Lipinski definition) is 3. The van der Waals surface area contributed by atoms with Crippen molar-refractivity contribution in [2.45, 2.75) is 44.1 Å². The fourth-order valence-electron chi connectivity index (χ4n) is 1.83. The Morgan fingerprint density at radius 3 is 2.12 bits per heavy atom. The maximum Gasteiger partial charge on any atom is 0.228 e. The Labute approximate surface area is 163 Å². The van der Waals surface area contributed by atoms with Gasteiger partial charge in [0, 0.05) is 12.1 Å². The minimum atomic E-state index is -1.76. The number of alkyl halides is 3. The molecule has 0 unspecified atom stereocenters. The highest BCUT2D eigenvalue weighted by Crippen LogP contribution is 2.29. The largest absolute Gasteiger partial charge is 0.339 e. The Morgan fingerprint density at radius 1 is 1.12 bits per heavy atom. The van der Waals surface area contributed by atoms with E-state index in [4.69, 9.17) is 47.0 Å². The minimum Gasteiger partial charge on any atom is -0.339 e. The molecule has 0 spiro atoms. The molecule has 8 heteroatoms. The fraction of sp³-hybridized carbons (Fsp3) is 0.500. The predicted molar refractivity (Wildman–Crippen MR) is 107 cm³/mol. The van der Waals surface area contributed by atoms with Gasteiger partial charge >= 0.3 is 0 Å². The summed E-state index contributed by atoms with van der Waals surface area (Å²) in [5, 5.41) is 8.72. The normalized spacial score (nSPS) is 13.1. The van der Waals surface area contributed by atoms with E-state index >= 15 is 0 Å². The second kappa shape index (κ2) is 8.56. The highest BCUT2D eigenvalue weighted by Gasteiger charge is 2.35. The molecule has 0 aromatic heterocycles. The van der Waals surface area contributed by atoms with E-state index in [1.54, 1.807) is 0 Å². The lowest BCUT2D eigenvalue weighted by molar-refractivity contribution is -0.123. The van der Waals surface area contributed by atoms with Crippen LogP contribution in [0.3, 0.4) is 0 Å². The zero-order valence-corrected chi connectivity index (χ0v) is 17.1. The molecule has 1 amide bonds. The summed E-state index contributed by atoms with van der Waals surface area (Å²) in [5.41, 5.74) is 1.75. The topological polar surface area (TPSA) is 53.2 Å². The van der Waals surface area contributed by atoms with E-state index in [0.717, 1.165) is 11.3 Å². The molecule has 1 aromatic carbocycles. The molecule has 24 heavy (non-hydrogen) atoms. The Morgan fingerprint density at radius 2 is 1.67 bits per heavy atom. The maximum atomic E-state index is 12.1. The summed E-state index contributed by atoms with van der Waals surface area (Å²) in [6, 6.07) is 7.66. The third kappa shape index (κ3) is 8.38. The van der Waals surface area contributed by atoms with Crippen molar-refractivity contribution in [1.29, 1.82) is 0 Å². The fourth-order valence-corrected chi connectivity index (χ4v) is 2.39. The lowest BCUT2D eigenvalue weighted by Crippen LogP contribution is -2.56. The SMILES string of the molecule is Cc1ccc(NC(=S)N[C@H](NC(=O)CC(C)(C)C)C(Cl)(Cl)Cl)cc1. The van der Waals surface area contributed by atoms with Crippen molar-refractivity contribution in [3.05, 3.63) is 29.8 Å². The van der Waals surface area contributed by atoms with Gasteiger partial charge in [-0.2, -0.15) is 0 Å². The summed E-state index contributed by atoms with van der Waals surface area (Å²) in [6.07, 6.45) is -0.660. The zero-order valence-electron chi connectivity index (χ0n) is 14.0. The van der Waals surface area contributed by atoms with Crippen molar-refractivity contribution in [1.82, 2.24) is 10.6 Å². The number of hydrogen-bond acceptors (Lipinski definition) is 2. The first-order valence-corrected chi connectivity index (χ1v) is 8.91. The van der Waals surface area contributed by atoms with E-state index in [1.165, 1.54) is 0 Å². The third-order valence-corrected chi connectivity index (χ3v) is 3.78. The Hall–Kier alpha value is -0.750. The summed E-state index contributed by atoms with van der Waals surface area (Å²) < 4.78 is -1.76. The van der Waals surface area contributed by atoms with Gasteiger partial charge in [0.15, 0.2) is 5.11 Å². The van der Waals surface area contributed by atoms with Crippen LogP contribution in [0.15, 0.2) is 24.3 Å². The number of anilines is 1. The number of amides is 1. The van der Waals surface area contributed by atoms with Crippen LogP contribution in [0.25, 0.3) is 0 Å². The van der Waals surface area contributed by atoms with Gasteiger partial charge in [0.05, 0.1) is 0 Å². The van der Waals surface area contributed by atoms with Crippen molar-refractivity contribution in [3.8, 4) is 0 Å². The van der Waals surface area contributed by atoms with Crippen LogP contribution in [0, 0.1) is 12.3 Å². The molecule has 1 atom stereocenters.